The summed E-state index contributed by atoms with van der Waals surface area (Å²) < 4.78 is 2.50. The lowest BCUT2D eigenvalue weighted by Crippen LogP contribution is -3.62. The van der Waals surface area contributed by atoms with Gasteiger partial charge in [0, 0.05) is 23.5 Å². The molecule has 0 radical (unpaired) electrons. The number of nitrogens with zero attached hydrogens (tertiary/aromatic N) is 2. The summed E-state index contributed by atoms with van der Waals surface area (Å²) in [5.41, 5.74) is 7.96. The summed E-state index contributed by atoms with van der Waals surface area (Å²) in [6.45, 7) is 13.0. The molecule has 2 rings (SSSR count). The summed E-state index contributed by atoms with van der Waals surface area (Å²) >= 11 is -0.296. The molecule has 0 aliphatic heterocycles. The number of aryl methyl sites for hydroxylation is 2. The first kappa shape index (κ1) is 14.4. The highest BCUT2D eigenvalue weighted by Gasteiger charge is 2.26. The van der Waals surface area contributed by atoms with Gasteiger partial charge >= 0.3 is 21.2 Å². The maximum absolute atomic E-state index is 4.64. The molecule has 0 fully saturated rings. The van der Waals surface area contributed by atoms with Gasteiger partial charge < -0.3 is 0 Å². The average molecular weight is 367 g/mol. The van der Waals surface area contributed by atoms with E-state index in [-0.39, 0.29) is 21.2 Å². The van der Waals surface area contributed by atoms with Gasteiger partial charge in [-0.05, 0) is 63.8 Å². The van der Waals surface area contributed by atoms with E-state index in [0.29, 0.717) is 0 Å². The van der Waals surface area contributed by atoms with Gasteiger partial charge in [-0.3, -0.25) is 0 Å². The number of halogens is 1. The van der Waals surface area contributed by atoms with Crippen LogP contribution in [0.3, 0.4) is 0 Å². The second-order valence-corrected chi connectivity index (χ2v) is 7.64. The monoisotopic (exact) mass is 367 g/mol. The van der Waals surface area contributed by atoms with Crippen LogP contribution in [0.1, 0.15) is 33.4 Å². The van der Waals surface area contributed by atoms with Gasteiger partial charge in [-0.25, -0.2) is 9.97 Å². The zero-order valence-corrected chi connectivity index (χ0v) is 14.6. The van der Waals surface area contributed by atoms with Crippen molar-refractivity contribution < 1.29 is 21.2 Å². The molecule has 2 aromatic rings. The van der Waals surface area contributed by atoms with Gasteiger partial charge in [-0.1, -0.05) is 0 Å². The van der Waals surface area contributed by atoms with Crippen LogP contribution in [0.2, 0.25) is 0 Å². The van der Waals surface area contributed by atoms with Crippen LogP contribution in [0.5, 0.6) is 0 Å². The van der Waals surface area contributed by atoms with Crippen LogP contribution in [-0.4, -0.2) is 9.97 Å². The van der Waals surface area contributed by atoms with E-state index >= 15 is 0 Å². The quantitative estimate of drug-likeness (QED) is 0.569. The lowest BCUT2D eigenvalue weighted by atomic mass is 10.1. The molecule has 100 valence electrons. The summed E-state index contributed by atoms with van der Waals surface area (Å²) in [5.74, 6) is 0. The minimum Gasteiger partial charge on any atom is -0.212 e. The molecule has 0 bridgehead atoms. The normalized spacial score (nSPS) is 10.8. The third kappa shape index (κ3) is 2.81. The molecule has 0 saturated carbocycles. The van der Waals surface area contributed by atoms with Crippen LogP contribution in [0.15, 0.2) is 12.4 Å². The Morgan fingerprint density at radius 3 is 1.37 bits per heavy atom. The van der Waals surface area contributed by atoms with Crippen molar-refractivity contribution in [3.8, 4) is 0 Å². The van der Waals surface area contributed by atoms with Gasteiger partial charge in [0.15, 0.2) is 0 Å². The first-order chi connectivity index (χ1) is 8.91. The molecule has 2 nitrogen and oxygen atoms in total. The SMILES string of the molecule is Cc1cnc([I+]c2ncc(C)c(C)c2C)c(C)c1C. The van der Waals surface area contributed by atoms with Crippen molar-refractivity contribution in [3.05, 3.63) is 53.2 Å². The van der Waals surface area contributed by atoms with Crippen LogP contribution < -0.4 is 21.2 Å². The number of rotatable bonds is 2. The molecule has 0 aromatic carbocycles. The lowest BCUT2D eigenvalue weighted by molar-refractivity contribution is -0.610. The standard InChI is InChI=1S/C16H20IN2/c1-9-7-18-15(13(5)11(9)3)17-16-14(6)12(4)10(2)8-19-16/h7-8H,1-6H3/q+1. The van der Waals surface area contributed by atoms with E-state index in [9.17, 15) is 0 Å². The van der Waals surface area contributed by atoms with Crippen LogP contribution in [-0.2, 0) is 0 Å². The van der Waals surface area contributed by atoms with E-state index in [1.807, 2.05) is 12.4 Å². The first-order valence-electron chi connectivity index (χ1n) is 6.42. The van der Waals surface area contributed by atoms with E-state index in [1.165, 1.54) is 40.8 Å². The van der Waals surface area contributed by atoms with Crippen molar-refractivity contribution in [2.45, 2.75) is 41.5 Å². The predicted octanol–water partition coefficient (Wildman–Crippen LogP) is 0.456. The highest BCUT2D eigenvalue weighted by molar-refractivity contribution is 5.29. The highest BCUT2D eigenvalue weighted by atomic mass is 127. The second kappa shape index (κ2) is 5.57. The largest absolute Gasteiger partial charge is 0.402 e. The average Bonchev–Trinajstić information content (AvgIpc) is 2.39. The molecular formula is C16H20IN2+. The van der Waals surface area contributed by atoms with Crippen LogP contribution in [0.4, 0.5) is 0 Å². The van der Waals surface area contributed by atoms with Gasteiger partial charge in [0.25, 0.3) is 7.40 Å². The summed E-state index contributed by atoms with van der Waals surface area (Å²) in [6, 6.07) is 0. The van der Waals surface area contributed by atoms with Crippen LogP contribution >= 0.6 is 0 Å². The second-order valence-electron chi connectivity index (χ2n) is 5.06. The molecule has 0 amide bonds. The molecule has 0 saturated heterocycles. The number of aromatic nitrogens is 2. The molecule has 0 aliphatic carbocycles. The minimum absolute atomic E-state index is 0.296. The Kier molecular flexibility index (Phi) is 4.23. The fourth-order valence-electron chi connectivity index (χ4n) is 1.87. The molecule has 2 heterocycles. The fraction of sp³-hybridized carbons (Fsp3) is 0.375. The molecule has 2 aromatic heterocycles. The Morgan fingerprint density at radius 1 is 0.632 bits per heavy atom. The van der Waals surface area contributed by atoms with Gasteiger partial charge in [0.2, 0.25) is 0 Å². The molecule has 0 N–H and O–H groups in total. The summed E-state index contributed by atoms with van der Waals surface area (Å²) in [4.78, 5) is 9.27. The molecule has 3 heteroatoms. The highest BCUT2D eigenvalue weighted by Crippen LogP contribution is 2.10. The first-order valence-corrected chi connectivity index (χ1v) is 8.58. The van der Waals surface area contributed by atoms with Crippen molar-refractivity contribution >= 4 is 0 Å². The van der Waals surface area contributed by atoms with E-state index in [1.54, 1.807) is 0 Å². The Balaban J connectivity index is 2.43. The molecule has 0 unspecified atom stereocenters. The van der Waals surface area contributed by atoms with Gasteiger partial charge in [-0.2, -0.15) is 0 Å². The molecule has 0 atom stereocenters. The van der Waals surface area contributed by atoms with Crippen molar-refractivity contribution in [3.63, 3.8) is 0 Å². The van der Waals surface area contributed by atoms with E-state index in [0.717, 1.165) is 0 Å². The van der Waals surface area contributed by atoms with E-state index in [4.69, 9.17) is 0 Å². The fourth-order valence-corrected chi connectivity index (χ4v) is 4.53. The maximum Gasteiger partial charge on any atom is 0.402 e. The zero-order chi connectivity index (χ0) is 14.2. The Hall–Kier alpha value is -0.970. The smallest absolute Gasteiger partial charge is 0.212 e. The third-order valence-corrected chi connectivity index (χ3v) is 7.05. The van der Waals surface area contributed by atoms with Crippen molar-refractivity contribution in [2.24, 2.45) is 0 Å². The minimum atomic E-state index is -0.296. The summed E-state index contributed by atoms with van der Waals surface area (Å²) in [7, 11) is 0. The Bertz CT molecular complexity index is 578. The molecule has 0 spiro atoms. The van der Waals surface area contributed by atoms with Crippen molar-refractivity contribution in [2.75, 3.05) is 0 Å². The third-order valence-electron chi connectivity index (χ3n) is 3.85. The van der Waals surface area contributed by atoms with Crippen LogP contribution in [0.25, 0.3) is 0 Å². The maximum atomic E-state index is 4.64. The van der Waals surface area contributed by atoms with Crippen LogP contribution in [0, 0.1) is 48.9 Å². The van der Waals surface area contributed by atoms with Crippen molar-refractivity contribution in [1.29, 1.82) is 0 Å². The summed E-state index contributed by atoms with van der Waals surface area (Å²) in [5, 5.41) is 0. The molecular weight excluding hydrogens is 347 g/mol. The molecule has 0 aliphatic rings. The van der Waals surface area contributed by atoms with E-state index in [2.05, 4.69) is 51.5 Å². The Morgan fingerprint density at radius 2 is 1.00 bits per heavy atom. The number of hydrogen-bond acceptors (Lipinski definition) is 2. The van der Waals surface area contributed by atoms with Gasteiger partial charge in [0.05, 0.1) is 0 Å². The lowest BCUT2D eigenvalue weighted by Gasteiger charge is -2.04. The summed E-state index contributed by atoms with van der Waals surface area (Å²) in [6.07, 6.45) is 3.99. The van der Waals surface area contributed by atoms with Crippen molar-refractivity contribution in [1.82, 2.24) is 9.97 Å². The topological polar surface area (TPSA) is 25.8 Å². The van der Waals surface area contributed by atoms with Gasteiger partial charge in [0.1, 0.15) is 0 Å². The number of hydrogen-bond donors (Lipinski definition) is 0. The Labute approximate surface area is 126 Å². The predicted molar refractivity (Wildman–Crippen MR) is 74.3 cm³/mol. The zero-order valence-electron chi connectivity index (χ0n) is 12.4. The number of pyridine rings is 2. The molecule has 19 heavy (non-hydrogen) atoms. The van der Waals surface area contributed by atoms with Gasteiger partial charge in [-0.15, -0.1) is 0 Å². The van der Waals surface area contributed by atoms with E-state index < -0.39 is 0 Å².